The van der Waals surface area contributed by atoms with E-state index in [9.17, 15) is 0 Å². The molecule has 1 aromatic heterocycles. The van der Waals surface area contributed by atoms with Crippen LogP contribution in [0.2, 0.25) is 5.02 Å². The van der Waals surface area contributed by atoms with Crippen molar-refractivity contribution in [3.05, 3.63) is 46.7 Å². The van der Waals surface area contributed by atoms with E-state index in [2.05, 4.69) is 37.3 Å². The molecule has 0 amide bonds. The third-order valence-electron chi connectivity index (χ3n) is 3.37. The number of nitrogens with one attached hydrogen (secondary N) is 1. The molecule has 0 bridgehead atoms. The van der Waals surface area contributed by atoms with Crippen LogP contribution in [0.1, 0.15) is 37.6 Å². The van der Waals surface area contributed by atoms with Crippen LogP contribution in [0.4, 0.5) is 5.69 Å². The average Bonchev–Trinajstić information content (AvgIpc) is 2.88. The zero-order valence-corrected chi connectivity index (χ0v) is 12.4. The second-order valence-corrected chi connectivity index (χ2v) is 5.29. The lowest BCUT2D eigenvalue weighted by Crippen LogP contribution is -2.07. The molecule has 2 rings (SSSR count). The van der Waals surface area contributed by atoms with Gasteiger partial charge in [0.15, 0.2) is 0 Å². The zero-order chi connectivity index (χ0) is 13.8. The summed E-state index contributed by atoms with van der Waals surface area (Å²) < 4.78 is 2.02. The van der Waals surface area contributed by atoms with Gasteiger partial charge in [0.25, 0.3) is 0 Å². The van der Waals surface area contributed by atoms with Crippen molar-refractivity contribution in [3.63, 3.8) is 0 Å². The summed E-state index contributed by atoms with van der Waals surface area (Å²) in [6, 6.07) is 8.37. The fourth-order valence-corrected chi connectivity index (χ4v) is 2.05. The molecular formula is C15H20ClN3. The molecule has 2 aromatic rings. The van der Waals surface area contributed by atoms with Gasteiger partial charge in [-0.05, 0) is 44.0 Å². The number of anilines is 1. The number of aryl methyl sites for hydroxylation is 1. The molecule has 1 N–H and O–H groups in total. The lowest BCUT2D eigenvalue weighted by atomic mass is 10.2. The highest BCUT2D eigenvalue weighted by Crippen LogP contribution is 2.20. The molecule has 4 heteroatoms. The predicted molar refractivity (Wildman–Crippen MR) is 80.7 cm³/mol. The third kappa shape index (κ3) is 3.51. The Morgan fingerprint density at radius 3 is 2.89 bits per heavy atom. The molecule has 0 aliphatic carbocycles. The average molecular weight is 278 g/mol. The van der Waals surface area contributed by atoms with Crippen LogP contribution in [0.15, 0.2) is 30.5 Å². The molecule has 1 heterocycles. The molecule has 0 saturated carbocycles. The molecule has 0 fully saturated rings. The Balaban J connectivity index is 2.02. The maximum Gasteiger partial charge on any atom is 0.0815 e. The van der Waals surface area contributed by atoms with Crippen molar-refractivity contribution in [2.45, 2.75) is 39.8 Å². The number of benzene rings is 1. The summed E-state index contributed by atoms with van der Waals surface area (Å²) in [6.45, 7) is 7.12. The number of aromatic nitrogens is 2. The van der Waals surface area contributed by atoms with Crippen molar-refractivity contribution in [3.8, 4) is 0 Å². The van der Waals surface area contributed by atoms with Crippen molar-refractivity contribution in [1.82, 2.24) is 9.78 Å². The first-order valence-electron chi connectivity index (χ1n) is 6.64. The minimum atomic E-state index is 0.446. The van der Waals surface area contributed by atoms with Crippen LogP contribution in [0.5, 0.6) is 0 Å². The Labute approximate surface area is 119 Å². The van der Waals surface area contributed by atoms with Crippen molar-refractivity contribution >= 4 is 17.3 Å². The van der Waals surface area contributed by atoms with Gasteiger partial charge >= 0.3 is 0 Å². The summed E-state index contributed by atoms with van der Waals surface area (Å²) >= 11 is 6.00. The van der Waals surface area contributed by atoms with Gasteiger partial charge in [-0.1, -0.05) is 24.6 Å². The fraction of sp³-hybridized carbons (Fsp3) is 0.400. The van der Waals surface area contributed by atoms with Crippen molar-refractivity contribution < 1.29 is 0 Å². The first kappa shape index (κ1) is 13.9. The van der Waals surface area contributed by atoms with Crippen molar-refractivity contribution in [2.75, 3.05) is 5.32 Å². The van der Waals surface area contributed by atoms with Crippen LogP contribution in [-0.4, -0.2) is 9.78 Å². The van der Waals surface area contributed by atoms with Gasteiger partial charge < -0.3 is 5.32 Å². The SMILES string of the molecule is CCC(C)n1ccc(CNc2cc(Cl)ccc2C)n1. The summed E-state index contributed by atoms with van der Waals surface area (Å²) in [6.07, 6.45) is 3.12. The topological polar surface area (TPSA) is 29.9 Å². The van der Waals surface area contributed by atoms with E-state index in [1.165, 1.54) is 5.56 Å². The van der Waals surface area contributed by atoms with E-state index in [0.29, 0.717) is 12.6 Å². The second kappa shape index (κ2) is 6.11. The van der Waals surface area contributed by atoms with Crippen LogP contribution in [-0.2, 0) is 6.54 Å². The Morgan fingerprint density at radius 1 is 1.37 bits per heavy atom. The highest BCUT2D eigenvalue weighted by atomic mass is 35.5. The van der Waals surface area contributed by atoms with E-state index in [0.717, 1.165) is 22.8 Å². The third-order valence-corrected chi connectivity index (χ3v) is 3.60. The summed E-state index contributed by atoms with van der Waals surface area (Å²) in [5, 5.41) is 8.70. The molecule has 3 nitrogen and oxygen atoms in total. The monoisotopic (exact) mass is 277 g/mol. The van der Waals surface area contributed by atoms with Crippen LogP contribution >= 0.6 is 11.6 Å². The summed E-state index contributed by atoms with van der Waals surface area (Å²) in [4.78, 5) is 0. The predicted octanol–water partition coefficient (Wildman–Crippen LogP) is 4.43. The molecule has 102 valence electrons. The zero-order valence-electron chi connectivity index (χ0n) is 11.7. The standard InChI is InChI=1S/C15H20ClN3/c1-4-12(3)19-8-7-14(18-19)10-17-15-9-13(16)6-5-11(15)2/h5-9,12,17H,4,10H2,1-3H3. The van der Waals surface area contributed by atoms with Crippen LogP contribution < -0.4 is 5.32 Å². The van der Waals surface area contributed by atoms with E-state index < -0.39 is 0 Å². The molecule has 0 aliphatic rings. The molecule has 0 spiro atoms. The number of hydrogen-bond acceptors (Lipinski definition) is 2. The van der Waals surface area contributed by atoms with E-state index in [-0.39, 0.29) is 0 Å². The Kier molecular flexibility index (Phi) is 4.48. The number of halogens is 1. The van der Waals surface area contributed by atoms with Crippen LogP contribution in [0.25, 0.3) is 0 Å². The Bertz CT molecular complexity index is 548. The lowest BCUT2D eigenvalue weighted by molar-refractivity contribution is 0.474. The Morgan fingerprint density at radius 2 is 2.16 bits per heavy atom. The van der Waals surface area contributed by atoms with E-state index >= 15 is 0 Å². The summed E-state index contributed by atoms with van der Waals surface area (Å²) in [5.74, 6) is 0. The smallest absolute Gasteiger partial charge is 0.0815 e. The minimum absolute atomic E-state index is 0.446. The molecule has 1 aromatic carbocycles. The van der Waals surface area contributed by atoms with Crippen molar-refractivity contribution in [2.24, 2.45) is 0 Å². The summed E-state index contributed by atoms with van der Waals surface area (Å²) in [5.41, 5.74) is 3.29. The van der Waals surface area contributed by atoms with Gasteiger partial charge in [-0.25, -0.2) is 0 Å². The van der Waals surface area contributed by atoms with Gasteiger partial charge in [0.05, 0.1) is 12.2 Å². The normalized spacial score (nSPS) is 12.4. The highest BCUT2D eigenvalue weighted by molar-refractivity contribution is 6.30. The van der Waals surface area contributed by atoms with E-state index in [4.69, 9.17) is 11.6 Å². The van der Waals surface area contributed by atoms with Gasteiger partial charge in [0.1, 0.15) is 0 Å². The molecule has 19 heavy (non-hydrogen) atoms. The van der Waals surface area contributed by atoms with Crippen LogP contribution in [0.3, 0.4) is 0 Å². The first-order chi connectivity index (χ1) is 9.10. The lowest BCUT2D eigenvalue weighted by Gasteiger charge is -2.10. The quantitative estimate of drug-likeness (QED) is 0.876. The number of rotatable bonds is 5. The maximum atomic E-state index is 6.00. The molecular weight excluding hydrogens is 258 g/mol. The maximum absolute atomic E-state index is 6.00. The Hall–Kier alpha value is -1.48. The van der Waals surface area contributed by atoms with Crippen molar-refractivity contribution in [1.29, 1.82) is 0 Å². The largest absolute Gasteiger partial charge is 0.379 e. The fourth-order valence-electron chi connectivity index (χ4n) is 1.87. The number of nitrogens with zero attached hydrogens (tertiary/aromatic N) is 2. The number of hydrogen-bond donors (Lipinski definition) is 1. The molecule has 0 aliphatic heterocycles. The van der Waals surface area contributed by atoms with E-state index in [1.807, 2.05) is 29.1 Å². The van der Waals surface area contributed by atoms with Crippen LogP contribution in [0, 0.1) is 6.92 Å². The summed E-state index contributed by atoms with van der Waals surface area (Å²) in [7, 11) is 0. The molecule has 1 unspecified atom stereocenters. The molecule has 1 atom stereocenters. The second-order valence-electron chi connectivity index (χ2n) is 4.86. The van der Waals surface area contributed by atoms with Gasteiger partial charge in [0, 0.05) is 22.9 Å². The van der Waals surface area contributed by atoms with Gasteiger partial charge in [-0.2, -0.15) is 5.10 Å². The van der Waals surface area contributed by atoms with Gasteiger partial charge in [-0.15, -0.1) is 0 Å². The molecule has 0 saturated heterocycles. The minimum Gasteiger partial charge on any atom is -0.379 e. The van der Waals surface area contributed by atoms with Gasteiger partial charge in [-0.3, -0.25) is 4.68 Å². The first-order valence-corrected chi connectivity index (χ1v) is 7.02. The van der Waals surface area contributed by atoms with Gasteiger partial charge in [0.2, 0.25) is 0 Å². The molecule has 0 radical (unpaired) electrons. The van der Waals surface area contributed by atoms with E-state index in [1.54, 1.807) is 0 Å². The highest BCUT2D eigenvalue weighted by Gasteiger charge is 2.05.